The molecular formula is C19H31N3O4. The second-order valence-electron chi connectivity index (χ2n) is 8.41. The topological polar surface area (TPSA) is 91.7 Å². The van der Waals surface area contributed by atoms with Crippen molar-refractivity contribution in [2.75, 3.05) is 19.7 Å². The molecule has 2 rings (SSSR count). The van der Waals surface area contributed by atoms with Gasteiger partial charge in [0.05, 0.1) is 24.1 Å². The van der Waals surface area contributed by atoms with Gasteiger partial charge in [-0.25, -0.2) is 4.79 Å². The Balaban J connectivity index is 1.82. The van der Waals surface area contributed by atoms with Crippen LogP contribution < -0.4 is 5.32 Å². The van der Waals surface area contributed by atoms with Crippen LogP contribution in [0.25, 0.3) is 0 Å². The average molecular weight is 365 g/mol. The first kappa shape index (κ1) is 20.5. The summed E-state index contributed by atoms with van der Waals surface area (Å²) in [6.07, 6.45) is 4.16. The van der Waals surface area contributed by atoms with Crippen LogP contribution in [-0.4, -0.2) is 54.3 Å². The number of ether oxygens (including phenoxy) is 2. The quantitative estimate of drug-likeness (QED) is 0.826. The lowest BCUT2D eigenvalue weighted by Crippen LogP contribution is -2.43. The van der Waals surface area contributed by atoms with Gasteiger partial charge >= 0.3 is 6.09 Å². The van der Waals surface area contributed by atoms with Gasteiger partial charge < -0.3 is 19.7 Å². The predicted molar refractivity (Wildman–Crippen MR) is 96.2 cm³/mol. The Kier molecular flexibility index (Phi) is 6.87. The van der Waals surface area contributed by atoms with E-state index in [1.807, 2.05) is 0 Å². The molecule has 0 aromatic rings. The molecule has 1 heterocycles. The van der Waals surface area contributed by atoms with Crippen LogP contribution in [0.15, 0.2) is 0 Å². The number of rotatable bonds is 4. The first-order valence-electron chi connectivity index (χ1n) is 9.48. The summed E-state index contributed by atoms with van der Waals surface area (Å²) in [5.41, 5.74) is -0.592. The number of carbonyl (C=O) groups excluding carboxylic acids is 2. The van der Waals surface area contributed by atoms with Crippen molar-refractivity contribution in [3.8, 4) is 6.07 Å². The zero-order valence-corrected chi connectivity index (χ0v) is 16.3. The van der Waals surface area contributed by atoms with E-state index in [0.717, 1.165) is 19.3 Å². The molecule has 1 aliphatic heterocycles. The van der Waals surface area contributed by atoms with Crippen molar-refractivity contribution >= 4 is 12.0 Å². The Morgan fingerprint density at radius 3 is 2.54 bits per heavy atom. The van der Waals surface area contributed by atoms with Gasteiger partial charge in [-0.2, -0.15) is 5.26 Å². The number of nitriles is 1. The van der Waals surface area contributed by atoms with Crippen LogP contribution in [0.5, 0.6) is 0 Å². The molecule has 2 amide bonds. The van der Waals surface area contributed by atoms with Gasteiger partial charge in [0, 0.05) is 13.1 Å². The largest absolute Gasteiger partial charge is 0.444 e. The van der Waals surface area contributed by atoms with E-state index in [4.69, 9.17) is 9.47 Å². The second kappa shape index (κ2) is 8.72. The fraction of sp³-hybridized carbons (Fsp3) is 0.842. The minimum absolute atomic E-state index is 0.00388. The lowest BCUT2D eigenvalue weighted by atomic mass is 9.88. The summed E-state index contributed by atoms with van der Waals surface area (Å²) < 4.78 is 11.1. The number of nitrogens with zero attached hydrogens (tertiary/aromatic N) is 2. The SMILES string of the molecule is C[C@@H]1CCCC[C@@H]1OCC(=O)N[C@@H]1CN(C(=O)OC(C)(C)C)C[C@@H]1C#N. The lowest BCUT2D eigenvalue weighted by Gasteiger charge is -2.28. The first-order valence-corrected chi connectivity index (χ1v) is 9.48. The molecule has 0 aromatic heterocycles. The second-order valence-corrected chi connectivity index (χ2v) is 8.41. The van der Waals surface area contributed by atoms with Gasteiger partial charge in [-0.15, -0.1) is 0 Å². The highest BCUT2D eigenvalue weighted by atomic mass is 16.6. The zero-order valence-electron chi connectivity index (χ0n) is 16.3. The van der Waals surface area contributed by atoms with Gasteiger partial charge in [0.15, 0.2) is 0 Å². The maximum Gasteiger partial charge on any atom is 0.410 e. The Hall–Kier alpha value is -1.81. The highest BCUT2D eigenvalue weighted by Crippen LogP contribution is 2.26. The summed E-state index contributed by atoms with van der Waals surface area (Å²) in [5.74, 6) is -0.211. The van der Waals surface area contributed by atoms with E-state index in [9.17, 15) is 14.9 Å². The Morgan fingerprint density at radius 1 is 1.23 bits per heavy atom. The maximum absolute atomic E-state index is 12.2. The molecule has 7 nitrogen and oxygen atoms in total. The number of likely N-dealkylation sites (tertiary alicyclic amines) is 1. The minimum atomic E-state index is -0.592. The van der Waals surface area contributed by atoms with E-state index in [1.54, 1.807) is 20.8 Å². The molecular weight excluding hydrogens is 334 g/mol. The molecule has 1 saturated heterocycles. The summed E-state index contributed by atoms with van der Waals surface area (Å²) in [5, 5.41) is 12.2. The van der Waals surface area contributed by atoms with Crippen molar-refractivity contribution in [3.05, 3.63) is 0 Å². The third-order valence-corrected chi connectivity index (χ3v) is 4.95. The number of amides is 2. The van der Waals surface area contributed by atoms with E-state index in [2.05, 4.69) is 18.3 Å². The van der Waals surface area contributed by atoms with E-state index in [-0.39, 0.29) is 31.7 Å². The standard InChI is InChI=1S/C19H31N3O4/c1-13-7-5-6-8-16(13)25-12-17(23)21-15-11-22(10-14(15)9-20)18(24)26-19(2,3)4/h13-16H,5-8,10-12H2,1-4H3,(H,21,23)/t13-,14+,15-,16+/m1/s1. The van der Waals surface area contributed by atoms with Crippen LogP contribution in [0.3, 0.4) is 0 Å². The van der Waals surface area contributed by atoms with Crippen LogP contribution in [0.1, 0.15) is 53.4 Å². The van der Waals surface area contributed by atoms with Crippen LogP contribution in [0.2, 0.25) is 0 Å². The molecule has 0 unspecified atom stereocenters. The Bertz CT molecular complexity index is 552. The molecule has 2 aliphatic rings. The van der Waals surface area contributed by atoms with E-state index in [1.165, 1.54) is 11.3 Å². The summed E-state index contributed by atoms with van der Waals surface area (Å²) in [4.78, 5) is 25.9. The van der Waals surface area contributed by atoms with Crippen molar-refractivity contribution in [2.24, 2.45) is 11.8 Å². The Labute approximate surface area is 156 Å². The van der Waals surface area contributed by atoms with Gasteiger partial charge in [-0.1, -0.05) is 19.8 Å². The molecule has 4 atom stereocenters. The molecule has 0 bridgehead atoms. The van der Waals surface area contributed by atoms with Crippen LogP contribution in [-0.2, 0) is 14.3 Å². The number of carbonyl (C=O) groups is 2. The van der Waals surface area contributed by atoms with Gasteiger partial charge in [0.2, 0.25) is 5.91 Å². The predicted octanol–water partition coefficient (Wildman–Crippen LogP) is 2.46. The number of hydrogen-bond donors (Lipinski definition) is 1. The minimum Gasteiger partial charge on any atom is -0.444 e. The summed E-state index contributed by atoms with van der Waals surface area (Å²) >= 11 is 0. The molecule has 1 N–H and O–H groups in total. The number of nitrogens with one attached hydrogen (secondary N) is 1. The van der Waals surface area contributed by atoms with Crippen molar-refractivity contribution < 1.29 is 19.1 Å². The van der Waals surface area contributed by atoms with Crippen LogP contribution >= 0.6 is 0 Å². The van der Waals surface area contributed by atoms with E-state index < -0.39 is 23.7 Å². The third kappa shape index (κ3) is 5.87. The highest BCUT2D eigenvalue weighted by molar-refractivity contribution is 5.78. The summed E-state index contributed by atoms with van der Waals surface area (Å²) in [6.45, 7) is 8.08. The third-order valence-electron chi connectivity index (χ3n) is 4.95. The average Bonchev–Trinajstić information content (AvgIpc) is 2.95. The fourth-order valence-electron chi connectivity index (χ4n) is 3.52. The monoisotopic (exact) mass is 365 g/mol. The molecule has 26 heavy (non-hydrogen) atoms. The summed E-state index contributed by atoms with van der Waals surface area (Å²) in [7, 11) is 0. The molecule has 1 aliphatic carbocycles. The highest BCUT2D eigenvalue weighted by Gasteiger charge is 2.38. The molecule has 0 aromatic carbocycles. The van der Waals surface area contributed by atoms with Gasteiger partial charge in [-0.3, -0.25) is 4.79 Å². The van der Waals surface area contributed by atoms with Crippen molar-refractivity contribution in [2.45, 2.75) is 71.1 Å². The molecule has 2 fully saturated rings. The van der Waals surface area contributed by atoms with Crippen molar-refractivity contribution in [1.29, 1.82) is 5.26 Å². The normalized spacial score (nSPS) is 29.1. The summed E-state index contributed by atoms with van der Waals surface area (Å²) in [6, 6.07) is 1.78. The lowest BCUT2D eigenvalue weighted by molar-refractivity contribution is -0.130. The fourth-order valence-corrected chi connectivity index (χ4v) is 3.52. The van der Waals surface area contributed by atoms with Gasteiger partial charge in [0.25, 0.3) is 0 Å². The molecule has 0 spiro atoms. The van der Waals surface area contributed by atoms with Crippen molar-refractivity contribution in [1.82, 2.24) is 10.2 Å². The van der Waals surface area contributed by atoms with Gasteiger partial charge in [0.1, 0.15) is 12.2 Å². The van der Waals surface area contributed by atoms with Crippen LogP contribution in [0.4, 0.5) is 4.79 Å². The van der Waals surface area contributed by atoms with Gasteiger partial charge in [-0.05, 0) is 39.5 Å². The number of hydrogen-bond acceptors (Lipinski definition) is 5. The molecule has 1 saturated carbocycles. The first-order chi connectivity index (χ1) is 12.2. The maximum atomic E-state index is 12.2. The molecule has 146 valence electrons. The molecule has 0 radical (unpaired) electrons. The molecule has 7 heteroatoms. The van der Waals surface area contributed by atoms with E-state index in [0.29, 0.717) is 5.92 Å². The van der Waals surface area contributed by atoms with E-state index >= 15 is 0 Å². The smallest absolute Gasteiger partial charge is 0.410 e. The zero-order chi connectivity index (χ0) is 19.3. The Morgan fingerprint density at radius 2 is 1.92 bits per heavy atom. The van der Waals surface area contributed by atoms with Crippen LogP contribution in [0, 0.1) is 23.2 Å². The van der Waals surface area contributed by atoms with Crippen molar-refractivity contribution in [3.63, 3.8) is 0 Å².